The Morgan fingerprint density at radius 1 is 0.960 bits per heavy atom. The molecule has 0 saturated heterocycles. The van der Waals surface area contributed by atoms with Gasteiger partial charge in [0.1, 0.15) is 23.6 Å². The lowest BCUT2D eigenvalue weighted by molar-refractivity contribution is 0.0511. The normalized spacial score (nSPS) is 10.9. The van der Waals surface area contributed by atoms with Crippen LogP contribution in [0.5, 0.6) is 11.5 Å². The molecule has 0 fully saturated rings. The van der Waals surface area contributed by atoms with Crippen LogP contribution < -0.4 is 9.47 Å². The Balaban J connectivity index is 1.88. The molecule has 1 aromatic heterocycles. The molecule has 0 aliphatic heterocycles. The molecule has 0 atom stereocenters. The van der Waals surface area contributed by atoms with Crippen molar-refractivity contribution in [3.05, 3.63) is 63.8 Å². The Hall–Kier alpha value is -2.01. The van der Waals surface area contributed by atoms with Crippen LogP contribution in [0, 0.1) is 6.92 Å². The summed E-state index contributed by atoms with van der Waals surface area (Å²) in [6.07, 6.45) is 0. The number of hydrogen-bond donors (Lipinski definition) is 0. The molecule has 1 heterocycles. The first-order valence-corrected chi connectivity index (χ1v) is 8.43. The van der Waals surface area contributed by atoms with Crippen molar-refractivity contribution in [2.45, 2.75) is 13.5 Å². The molecule has 0 radical (unpaired) electrons. The highest BCUT2D eigenvalue weighted by Gasteiger charge is 2.14. The molecule has 0 aliphatic carbocycles. The van der Waals surface area contributed by atoms with Gasteiger partial charge in [0.25, 0.3) is 0 Å². The molecule has 3 rings (SSSR count). The average molecular weight is 378 g/mol. The van der Waals surface area contributed by atoms with E-state index < -0.39 is 0 Å². The smallest absolute Gasteiger partial charge is 0.188 e. The summed E-state index contributed by atoms with van der Waals surface area (Å²) in [5.41, 5.74) is 2.39. The summed E-state index contributed by atoms with van der Waals surface area (Å²) in [4.78, 5) is 4.56. The Bertz CT molecular complexity index is 899. The van der Waals surface area contributed by atoms with E-state index in [2.05, 4.69) is 4.98 Å². The molecule has 3 aromatic rings. The molecule has 0 bridgehead atoms. The van der Waals surface area contributed by atoms with Crippen LogP contribution in [0.4, 0.5) is 0 Å². The predicted octanol–water partition coefficient (Wildman–Crippen LogP) is 5.41. The van der Waals surface area contributed by atoms with Crippen molar-refractivity contribution in [3.8, 4) is 11.5 Å². The first-order valence-electron chi connectivity index (χ1n) is 7.68. The number of nitrogens with zero attached hydrogens (tertiary/aromatic N) is 1. The SMILES string of the molecule is COCOc1ccc(Cl)c(COc2cccc3ccc(C)nc23)c1Cl. The topological polar surface area (TPSA) is 40.6 Å². The van der Waals surface area contributed by atoms with Gasteiger partial charge < -0.3 is 14.2 Å². The molecular weight excluding hydrogens is 361 g/mol. The molecule has 0 N–H and O–H groups in total. The van der Waals surface area contributed by atoms with Crippen LogP contribution in [0.25, 0.3) is 10.9 Å². The monoisotopic (exact) mass is 377 g/mol. The molecule has 0 amide bonds. The Morgan fingerprint density at radius 3 is 2.60 bits per heavy atom. The van der Waals surface area contributed by atoms with Crippen molar-refractivity contribution in [2.75, 3.05) is 13.9 Å². The van der Waals surface area contributed by atoms with Crippen molar-refractivity contribution >= 4 is 34.1 Å². The zero-order chi connectivity index (χ0) is 17.8. The molecular formula is C19H17Cl2NO3. The van der Waals surface area contributed by atoms with Crippen LogP contribution in [0.3, 0.4) is 0 Å². The van der Waals surface area contributed by atoms with Gasteiger partial charge in [-0.25, -0.2) is 4.98 Å². The standard InChI is InChI=1S/C19H17Cl2NO3/c1-12-6-7-13-4-3-5-17(19(13)22-12)24-10-14-15(20)8-9-16(18(14)21)25-11-23-2/h3-9H,10-11H2,1-2H3. The molecule has 0 aliphatic rings. The second-order valence-corrected chi connectivity index (χ2v) is 6.24. The first-order chi connectivity index (χ1) is 12.1. The van der Waals surface area contributed by atoms with Crippen LogP contribution in [0.2, 0.25) is 10.0 Å². The second kappa shape index (κ2) is 7.91. The zero-order valence-electron chi connectivity index (χ0n) is 13.9. The van der Waals surface area contributed by atoms with Gasteiger partial charge in [-0.15, -0.1) is 0 Å². The molecule has 130 valence electrons. The van der Waals surface area contributed by atoms with Gasteiger partial charge in [-0.05, 0) is 31.2 Å². The third kappa shape index (κ3) is 3.98. The zero-order valence-corrected chi connectivity index (χ0v) is 15.4. The van der Waals surface area contributed by atoms with Crippen molar-refractivity contribution in [1.82, 2.24) is 4.98 Å². The second-order valence-electron chi connectivity index (χ2n) is 5.46. The summed E-state index contributed by atoms with van der Waals surface area (Å²) in [6, 6.07) is 13.2. The lowest BCUT2D eigenvalue weighted by atomic mass is 10.2. The molecule has 0 unspecified atom stereocenters. The fourth-order valence-electron chi connectivity index (χ4n) is 2.43. The third-order valence-electron chi connectivity index (χ3n) is 3.68. The van der Waals surface area contributed by atoms with Crippen molar-refractivity contribution in [1.29, 1.82) is 0 Å². The predicted molar refractivity (Wildman–Crippen MR) is 99.8 cm³/mol. The van der Waals surface area contributed by atoms with Gasteiger partial charge >= 0.3 is 0 Å². The molecule has 2 aromatic carbocycles. The van der Waals surface area contributed by atoms with E-state index in [4.69, 9.17) is 37.4 Å². The highest BCUT2D eigenvalue weighted by atomic mass is 35.5. The number of aryl methyl sites for hydroxylation is 1. The van der Waals surface area contributed by atoms with E-state index in [9.17, 15) is 0 Å². The first kappa shape index (κ1) is 17.8. The van der Waals surface area contributed by atoms with E-state index in [1.165, 1.54) is 0 Å². The molecule has 4 nitrogen and oxygen atoms in total. The highest BCUT2D eigenvalue weighted by molar-refractivity contribution is 6.36. The maximum atomic E-state index is 6.40. The van der Waals surface area contributed by atoms with Crippen molar-refractivity contribution in [2.24, 2.45) is 0 Å². The van der Waals surface area contributed by atoms with Gasteiger partial charge in [-0.2, -0.15) is 0 Å². The largest absolute Gasteiger partial charge is 0.487 e. The summed E-state index contributed by atoms with van der Waals surface area (Å²) in [5, 5.41) is 1.94. The van der Waals surface area contributed by atoms with Crippen LogP contribution in [0.15, 0.2) is 42.5 Å². The number of fused-ring (bicyclic) bond motifs is 1. The fraction of sp³-hybridized carbons (Fsp3) is 0.211. The summed E-state index contributed by atoms with van der Waals surface area (Å²) < 4.78 is 16.3. The summed E-state index contributed by atoms with van der Waals surface area (Å²) in [6.45, 7) is 2.26. The van der Waals surface area contributed by atoms with Gasteiger partial charge in [0, 0.05) is 28.8 Å². The Kier molecular flexibility index (Phi) is 5.63. The number of methoxy groups -OCH3 is 1. The number of benzene rings is 2. The molecule has 0 saturated carbocycles. The Morgan fingerprint density at radius 2 is 1.80 bits per heavy atom. The number of para-hydroxylation sites is 1. The number of halogens is 2. The number of ether oxygens (including phenoxy) is 3. The maximum absolute atomic E-state index is 6.40. The maximum Gasteiger partial charge on any atom is 0.188 e. The highest BCUT2D eigenvalue weighted by Crippen LogP contribution is 2.35. The Labute approximate surface area is 156 Å². The van der Waals surface area contributed by atoms with Crippen LogP contribution in [-0.2, 0) is 11.3 Å². The van der Waals surface area contributed by atoms with Crippen molar-refractivity contribution in [3.63, 3.8) is 0 Å². The van der Waals surface area contributed by atoms with Gasteiger partial charge in [0.15, 0.2) is 6.79 Å². The fourth-order valence-corrected chi connectivity index (χ4v) is 2.96. The van der Waals surface area contributed by atoms with E-state index in [1.807, 2.05) is 37.3 Å². The lowest BCUT2D eigenvalue weighted by Crippen LogP contribution is -2.03. The lowest BCUT2D eigenvalue weighted by Gasteiger charge is -2.14. The summed E-state index contributed by atoms with van der Waals surface area (Å²) in [7, 11) is 1.54. The van der Waals surface area contributed by atoms with Crippen LogP contribution in [0.1, 0.15) is 11.3 Å². The van der Waals surface area contributed by atoms with Gasteiger partial charge in [0.05, 0.1) is 5.02 Å². The molecule has 25 heavy (non-hydrogen) atoms. The van der Waals surface area contributed by atoms with Gasteiger partial charge in [0.2, 0.25) is 0 Å². The quantitative estimate of drug-likeness (QED) is 0.538. The third-order valence-corrected chi connectivity index (χ3v) is 4.45. The van der Waals surface area contributed by atoms with Crippen LogP contribution in [-0.4, -0.2) is 18.9 Å². The van der Waals surface area contributed by atoms with E-state index >= 15 is 0 Å². The van der Waals surface area contributed by atoms with E-state index in [0.29, 0.717) is 27.1 Å². The summed E-state index contributed by atoms with van der Waals surface area (Å²) >= 11 is 12.7. The average Bonchev–Trinajstić information content (AvgIpc) is 2.61. The number of rotatable bonds is 6. The van der Waals surface area contributed by atoms with Crippen LogP contribution >= 0.6 is 23.2 Å². The van der Waals surface area contributed by atoms with E-state index in [-0.39, 0.29) is 13.4 Å². The number of aromatic nitrogens is 1. The minimum absolute atomic E-state index is 0.105. The van der Waals surface area contributed by atoms with Gasteiger partial charge in [-0.3, -0.25) is 0 Å². The summed E-state index contributed by atoms with van der Waals surface area (Å²) in [5.74, 6) is 1.18. The minimum atomic E-state index is 0.105. The molecule has 6 heteroatoms. The minimum Gasteiger partial charge on any atom is -0.487 e. The molecule has 0 spiro atoms. The van der Waals surface area contributed by atoms with E-state index in [0.717, 1.165) is 16.6 Å². The van der Waals surface area contributed by atoms with Gasteiger partial charge in [-0.1, -0.05) is 41.4 Å². The van der Waals surface area contributed by atoms with Crippen molar-refractivity contribution < 1.29 is 14.2 Å². The number of pyridine rings is 1. The number of hydrogen-bond acceptors (Lipinski definition) is 4. The van der Waals surface area contributed by atoms with E-state index in [1.54, 1.807) is 19.2 Å².